The molecule has 1 N–H and O–H groups in total. The van der Waals surface area contributed by atoms with E-state index in [4.69, 9.17) is 0 Å². The Bertz CT molecular complexity index is 534. The third-order valence-electron chi connectivity index (χ3n) is 5.15. The van der Waals surface area contributed by atoms with Crippen LogP contribution in [0.1, 0.15) is 67.8 Å². The van der Waals surface area contributed by atoms with Crippen LogP contribution in [-0.2, 0) is 11.2 Å². The minimum Gasteiger partial charge on any atom is -0.326 e. The second kappa shape index (κ2) is 6.12. The summed E-state index contributed by atoms with van der Waals surface area (Å²) in [6.45, 7) is 2.42. The van der Waals surface area contributed by atoms with E-state index in [9.17, 15) is 4.79 Å². The molecule has 1 aromatic rings. The first kappa shape index (κ1) is 15.1. The molecule has 1 aliphatic carbocycles. The zero-order chi connectivity index (χ0) is 14.9. The number of aryl methyl sites for hydroxylation is 1. The molecule has 2 nitrogen and oxygen atoms in total. The van der Waals surface area contributed by atoms with Gasteiger partial charge in [0.05, 0.1) is 0 Å². The predicted molar refractivity (Wildman–Crippen MR) is 90.9 cm³/mol. The van der Waals surface area contributed by atoms with Crippen molar-refractivity contribution in [2.75, 3.05) is 5.32 Å². The molecular weight excluding hydrogens is 326 g/mol. The van der Waals surface area contributed by atoms with Crippen molar-refractivity contribution in [3.05, 3.63) is 29.3 Å². The molecule has 114 valence electrons. The van der Waals surface area contributed by atoms with Crippen molar-refractivity contribution < 1.29 is 4.79 Å². The van der Waals surface area contributed by atoms with Gasteiger partial charge in [-0.1, -0.05) is 54.2 Å². The molecule has 3 rings (SSSR count). The molecule has 2 aliphatic rings. The SMILES string of the molecule is CC1(C(Br)c2ccc3c(c2)CCCC(=O)N3)CCCCC1. The third kappa shape index (κ3) is 3.18. The maximum atomic E-state index is 11.6. The zero-order valence-electron chi connectivity index (χ0n) is 12.8. The fourth-order valence-electron chi connectivity index (χ4n) is 3.77. The minimum absolute atomic E-state index is 0.149. The highest BCUT2D eigenvalue weighted by Gasteiger charge is 2.35. The summed E-state index contributed by atoms with van der Waals surface area (Å²) in [5, 5.41) is 3.02. The lowest BCUT2D eigenvalue weighted by molar-refractivity contribution is -0.116. The summed E-state index contributed by atoms with van der Waals surface area (Å²) in [6, 6.07) is 6.58. The number of hydrogen-bond donors (Lipinski definition) is 1. The van der Waals surface area contributed by atoms with Crippen molar-refractivity contribution in [1.82, 2.24) is 0 Å². The number of benzene rings is 1. The molecule has 1 aromatic carbocycles. The van der Waals surface area contributed by atoms with Gasteiger partial charge in [-0.15, -0.1) is 0 Å². The largest absolute Gasteiger partial charge is 0.326 e. The first-order chi connectivity index (χ1) is 10.1. The van der Waals surface area contributed by atoms with Crippen LogP contribution in [-0.4, -0.2) is 5.91 Å². The second-order valence-corrected chi connectivity index (χ2v) is 7.81. The van der Waals surface area contributed by atoms with Gasteiger partial charge in [0, 0.05) is 16.9 Å². The first-order valence-electron chi connectivity index (χ1n) is 8.15. The van der Waals surface area contributed by atoms with Crippen LogP contribution in [0.25, 0.3) is 0 Å². The van der Waals surface area contributed by atoms with E-state index >= 15 is 0 Å². The standard InChI is InChI=1S/C18H24BrNO/c1-18(10-3-2-4-11-18)17(19)14-8-9-15-13(12-14)6-5-7-16(21)20-15/h8-9,12,17H,2-7,10-11H2,1H3,(H,20,21). The van der Waals surface area contributed by atoms with Crippen molar-refractivity contribution in [1.29, 1.82) is 0 Å². The van der Waals surface area contributed by atoms with Crippen molar-refractivity contribution in [3.63, 3.8) is 0 Å². The minimum atomic E-state index is 0.149. The number of anilines is 1. The van der Waals surface area contributed by atoms with Crippen LogP contribution in [0.4, 0.5) is 5.69 Å². The lowest BCUT2D eigenvalue weighted by Crippen LogP contribution is -2.25. The highest BCUT2D eigenvalue weighted by Crippen LogP contribution is 2.50. The molecule has 1 heterocycles. The zero-order valence-corrected chi connectivity index (χ0v) is 14.3. The number of rotatable bonds is 2. The molecule has 21 heavy (non-hydrogen) atoms. The van der Waals surface area contributed by atoms with Gasteiger partial charge in [0.25, 0.3) is 0 Å². The first-order valence-corrected chi connectivity index (χ1v) is 9.07. The van der Waals surface area contributed by atoms with E-state index in [1.54, 1.807) is 0 Å². The third-order valence-corrected chi connectivity index (χ3v) is 6.79. The normalized spacial score (nSPS) is 22.9. The molecule has 1 unspecified atom stereocenters. The molecule has 1 atom stereocenters. The maximum absolute atomic E-state index is 11.6. The van der Waals surface area contributed by atoms with E-state index in [-0.39, 0.29) is 5.91 Å². The second-order valence-electron chi connectivity index (χ2n) is 6.90. The fraction of sp³-hybridized carbons (Fsp3) is 0.611. The number of halogens is 1. The molecule has 0 bridgehead atoms. The van der Waals surface area contributed by atoms with Gasteiger partial charge in [0.2, 0.25) is 5.91 Å². The Kier molecular flexibility index (Phi) is 4.39. The average molecular weight is 350 g/mol. The Morgan fingerprint density at radius 1 is 1.14 bits per heavy atom. The summed E-state index contributed by atoms with van der Waals surface area (Å²) < 4.78 is 0. The molecule has 1 aliphatic heterocycles. The van der Waals surface area contributed by atoms with E-state index in [1.165, 1.54) is 43.2 Å². The van der Waals surface area contributed by atoms with Crippen LogP contribution < -0.4 is 5.32 Å². The van der Waals surface area contributed by atoms with Crippen LogP contribution in [0.2, 0.25) is 0 Å². The van der Waals surface area contributed by atoms with Gasteiger partial charge in [-0.25, -0.2) is 0 Å². The van der Waals surface area contributed by atoms with Crippen LogP contribution in [0, 0.1) is 5.41 Å². The number of alkyl halides is 1. The van der Waals surface area contributed by atoms with Crippen LogP contribution >= 0.6 is 15.9 Å². The molecule has 1 amide bonds. The van der Waals surface area contributed by atoms with Crippen LogP contribution in [0.15, 0.2) is 18.2 Å². The summed E-state index contributed by atoms with van der Waals surface area (Å²) in [5.74, 6) is 0.149. The molecule has 1 saturated carbocycles. The van der Waals surface area contributed by atoms with Gasteiger partial charge < -0.3 is 5.32 Å². The van der Waals surface area contributed by atoms with Gasteiger partial charge in [-0.2, -0.15) is 0 Å². The molecule has 0 radical (unpaired) electrons. The van der Waals surface area contributed by atoms with Gasteiger partial charge in [0.1, 0.15) is 0 Å². The van der Waals surface area contributed by atoms with Gasteiger partial charge in [-0.05, 0) is 48.3 Å². The number of carbonyl (C=O) groups excluding carboxylic acids is 1. The number of hydrogen-bond acceptors (Lipinski definition) is 1. The Morgan fingerprint density at radius 2 is 1.90 bits per heavy atom. The topological polar surface area (TPSA) is 29.1 Å². The van der Waals surface area contributed by atoms with Gasteiger partial charge >= 0.3 is 0 Å². The Morgan fingerprint density at radius 3 is 2.67 bits per heavy atom. The number of nitrogens with one attached hydrogen (secondary N) is 1. The van der Waals surface area contributed by atoms with E-state index in [0.29, 0.717) is 16.7 Å². The Hall–Kier alpha value is -0.830. The lowest BCUT2D eigenvalue weighted by Gasteiger charge is -2.38. The monoisotopic (exact) mass is 349 g/mol. The molecule has 0 spiro atoms. The van der Waals surface area contributed by atoms with Crippen molar-refractivity contribution >= 4 is 27.5 Å². The van der Waals surface area contributed by atoms with E-state index < -0.39 is 0 Å². The van der Waals surface area contributed by atoms with Crippen molar-refractivity contribution in [3.8, 4) is 0 Å². The molecule has 0 saturated heterocycles. The highest BCUT2D eigenvalue weighted by atomic mass is 79.9. The smallest absolute Gasteiger partial charge is 0.224 e. The number of fused-ring (bicyclic) bond motifs is 1. The van der Waals surface area contributed by atoms with Gasteiger partial charge in [-0.3, -0.25) is 4.79 Å². The van der Waals surface area contributed by atoms with E-state index in [1.807, 2.05) is 0 Å². The predicted octanol–water partition coefficient (Wildman–Crippen LogP) is 5.37. The Balaban J connectivity index is 1.86. The molecular formula is C18H24BrNO. The average Bonchev–Trinajstić information content (AvgIpc) is 2.67. The van der Waals surface area contributed by atoms with E-state index in [0.717, 1.165) is 18.5 Å². The lowest BCUT2D eigenvalue weighted by atomic mass is 9.71. The fourth-order valence-corrected chi connectivity index (χ4v) is 4.51. The van der Waals surface area contributed by atoms with E-state index in [2.05, 4.69) is 46.4 Å². The summed E-state index contributed by atoms with van der Waals surface area (Å²) in [7, 11) is 0. The van der Waals surface area contributed by atoms with Gasteiger partial charge in [0.15, 0.2) is 0 Å². The molecule has 0 aromatic heterocycles. The Labute approximate surface area is 135 Å². The number of amides is 1. The number of carbonyl (C=O) groups is 1. The maximum Gasteiger partial charge on any atom is 0.224 e. The summed E-state index contributed by atoms with van der Waals surface area (Å²) in [5.41, 5.74) is 4.03. The summed E-state index contributed by atoms with van der Waals surface area (Å²) >= 11 is 3.98. The van der Waals surface area contributed by atoms with Crippen molar-refractivity contribution in [2.24, 2.45) is 5.41 Å². The van der Waals surface area contributed by atoms with Crippen LogP contribution in [0.3, 0.4) is 0 Å². The van der Waals surface area contributed by atoms with Crippen LogP contribution in [0.5, 0.6) is 0 Å². The summed E-state index contributed by atoms with van der Waals surface area (Å²) in [4.78, 5) is 12.1. The quantitative estimate of drug-likeness (QED) is 0.714. The highest BCUT2D eigenvalue weighted by molar-refractivity contribution is 9.09. The van der Waals surface area contributed by atoms with Crippen molar-refractivity contribution in [2.45, 2.75) is 63.1 Å². The molecule has 1 fully saturated rings. The molecule has 3 heteroatoms. The summed E-state index contributed by atoms with van der Waals surface area (Å²) in [6.07, 6.45) is 9.27.